The summed E-state index contributed by atoms with van der Waals surface area (Å²) in [5.74, 6) is -0.586. The Morgan fingerprint density at radius 2 is 1.70 bits per heavy atom. The van der Waals surface area contributed by atoms with Crippen molar-refractivity contribution in [1.29, 1.82) is 0 Å². The number of likely N-dealkylation sites (tertiary alicyclic amines) is 1. The van der Waals surface area contributed by atoms with Crippen LogP contribution < -0.4 is 0 Å². The second kappa shape index (κ2) is 10.3. The van der Waals surface area contributed by atoms with Crippen molar-refractivity contribution >= 4 is 28.4 Å². The second-order valence-corrected chi connectivity index (χ2v) is 10.2. The number of aryl methyl sites for hydroxylation is 1. The standard InChI is InChI=1S/C30H28ClF3N2O/c1-20-8-10-21(11-9-20)18-36-19-25(23-6-2-3-7-28(23)36)24(17-29(37)35-14-4-5-15-35)22-12-13-27(31)26(16-22)30(32,33)34/h2-3,6-13,16,19,24H,4-5,14-15,17-18H2,1H3/t24-/m1/s1. The molecule has 192 valence electrons. The van der Waals surface area contributed by atoms with Crippen LogP contribution in [0.4, 0.5) is 13.2 Å². The number of aromatic nitrogens is 1. The van der Waals surface area contributed by atoms with Gasteiger partial charge in [-0.25, -0.2) is 0 Å². The lowest BCUT2D eigenvalue weighted by molar-refractivity contribution is -0.137. The van der Waals surface area contributed by atoms with Gasteiger partial charge in [-0.15, -0.1) is 0 Å². The predicted octanol–water partition coefficient (Wildman–Crippen LogP) is 7.81. The van der Waals surface area contributed by atoms with Gasteiger partial charge in [0.2, 0.25) is 5.91 Å². The highest BCUT2D eigenvalue weighted by atomic mass is 35.5. The Morgan fingerprint density at radius 1 is 1.00 bits per heavy atom. The molecule has 4 aromatic rings. The molecule has 0 radical (unpaired) electrons. The van der Waals surface area contributed by atoms with Crippen LogP contribution in [-0.2, 0) is 17.5 Å². The molecule has 1 saturated heterocycles. The Morgan fingerprint density at radius 3 is 2.41 bits per heavy atom. The van der Waals surface area contributed by atoms with E-state index in [4.69, 9.17) is 11.6 Å². The number of amides is 1. The molecule has 1 aliphatic heterocycles. The third kappa shape index (κ3) is 5.40. The van der Waals surface area contributed by atoms with Gasteiger partial charge in [-0.1, -0.05) is 65.7 Å². The minimum atomic E-state index is -4.59. The van der Waals surface area contributed by atoms with Crippen LogP contribution >= 0.6 is 11.6 Å². The molecule has 0 aliphatic carbocycles. The van der Waals surface area contributed by atoms with Gasteiger partial charge >= 0.3 is 6.18 Å². The SMILES string of the molecule is Cc1ccc(Cn2cc([C@H](CC(=O)N3CCCC3)c3ccc(Cl)c(C(F)(F)F)c3)c3ccccc32)cc1. The summed E-state index contributed by atoms with van der Waals surface area (Å²) in [4.78, 5) is 15.1. The zero-order chi connectivity index (χ0) is 26.2. The predicted molar refractivity (Wildman–Crippen MR) is 141 cm³/mol. The molecule has 37 heavy (non-hydrogen) atoms. The summed E-state index contributed by atoms with van der Waals surface area (Å²) < 4.78 is 43.4. The van der Waals surface area contributed by atoms with E-state index in [2.05, 4.69) is 28.8 Å². The monoisotopic (exact) mass is 524 g/mol. The summed E-state index contributed by atoms with van der Waals surface area (Å²) in [7, 11) is 0. The molecule has 2 heterocycles. The smallest absolute Gasteiger partial charge is 0.343 e. The van der Waals surface area contributed by atoms with Gasteiger partial charge in [0, 0.05) is 49.1 Å². The average molecular weight is 525 g/mol. The van der Waals surface area contributed by atoms with Crippen LogP contribution in [-0.4, -0.2) is 28.5 Å². The third-order valence-corrected chi connectivity index (χ3v) is 7.53. The summed E-state index contributed by atoms with van der Waals surface area (Å²) in [5, 5.41) is 0.583. The van der Waals surface area contributed by atoms with E-state index in [1.54, 1.807) is 6.07 Å². The quantitative estimate of drug-likeness (QED) is 0.252. The number of rotatable bonds is 6. The lowest BCUT2D eigenvalue weighted by Gasteiger charge is -2.22. The van der Waals surface area contributed by atoms with Crippen LogP contribution in [0.3, 0.4) is 0 Å². The Hall–Kier alpha value is -3.25. The molecule has 0 bridgehead atoms. The molecule has 1 atom stereocenters. The van der Waals surface area contributed by atoms with Crippen molar-refractivity contribution in [2.24, 2.45) is 0 Å². The van der Waals surface area contributed by atoms with E-state index < -0.39 is 17.7 Å². The van der Waals surface area contributed by atoms with E-state index in [9.17, 15) is 18.0 Å². The molecule has 5 rings (SSSR count). The molecule has 0 unspecified atom stereocenters. The van der Waals surface area contributed by atoms with Gasteiger partial charge < -0.3 is 9.47 Å². The van der Waals surface area contributed by atoms with E-state index in [1.807, 2.05) is 42.3 Å². The number of carbonyl (C=O) groups is 1. The Kier molecular flexibility index (Phi) is 7.04. The summed E-state index contributed by atoms with van der Waals surface area (Å²) in [5.41, 5.74) is 3.66. The highest BCUT2D eigenvalue weighted by Gasteiger charge is 2.35. The van der Waals surface area contributed by atoms with Crippen LogP contribution in [0.5, 0.6) is 0 Å². The number of hydrogen-bond acceptors (Lipinski definition) is 1. The molecule has 3 aromatic carbocycles. The molecule has 3 nitrogen and oxygen atoms in total. The minimum Gasteiger partial charge on any atom is -0.343 e. The molecule has 1 fully saturated rings. The molecule has 7 heteroatoms. The molecule has 0 spiro atoms. The summed E-state index contributed by atoms with van der Waals surface area (Å²) in [6.45, 7) is 4.03. The van der Waals surface area contributed by atoms with Crippen molar-refractivity contribution in [3.63, 3.8) is 0 Å². The van der Waals surface area contributed by atoms with Crippen LogP contribution in [0, 0.1) is 6.92 Å². The number of carbonyl (C=O) groups excluding carboxylic acids is 1. The molecular weight excluding hydrogens is 497 g/mol. The number of halogens is 4. The minimum absolute atomic E-state index is 0.0404. The van der Waals surface area contributed by atoms with Gasteiger partial charge in [0.1, 0.15) is 0 Å². The number of fused-ring (bicyclic) bond motifs is 1. The van der Waals surface area contributed by atoms with Gasteiger partial charge in [0.25, 0.3) is 0 Å². The highest BCUT2D eigenvalue weighted by molar-refractivity contribution is 6.31. The normalized spacial score (nSPS) is 14.9. The fraction of sp³-hybridized carbons (Fsp3) is 0.300. The van der Waals surface area contributed by atoms with Crippen molar-refractivity contribution < 1.29 is 18.0 Å². The first kappa shape index (κ1) is 25.4. The molecule has 1 aromatic heterocycles. The Labute approximate surface area is 219 Å². The van der Waals surface area contributed by atoms with Gasteiger partial charge in [0.05, 0.1) is 10.6 Å². The second-order valence-electron chi connectivity index (χ2n) is 9.80. The number of alkyl halides is 3. The highest BCUT2D eigenvalue weighted by Crippen LogP contribution is 2.40. The molecular formula is C30H28ClF3N2O. The lowest BCUT2D eigenvalue weighted by atomic mass is 9.87. The third-order valence-electron chi connectivity index (χ3n) is 7.20. The van der Waals surface area contributed by atoms with Crippen LogP contribution in [0.2, 0.25) is 5.02 Å². The maximum Gasteiger partial charge on any atom is 0.417 e. The Balaban J connectivity index is 1.62. The van der Waals surface area contributed by atoms with E-state index in [0.29, 0.717) is 25.2 Å². The Bertz CT molecular complexity index is 1420. The lowest BCUT2D eigenvalue weighted by Crippen LogP contribution is -2.29. The number of hydrogen-bond donors (Lipinski definition) is 0. The van der Waals surface area contributed by atoms with E-state index in [1.165, 1.54) is 11.6 Å². The van der Waals surface area contributed by atoms with Crippen molar-refractivity contribution in [2.45, 2.75) is 44.8 Å². The van der Waals surface area contributed by atoms with Crippen LogP contribution in [0.15, 0.2) is 72.9 Å². The van der Waals surface area contributed by atoms with Crippen molar-refractivity contribution in [3.05, 3.63) is 106 Å². The van der Waals surface area contributed by atoms with E-state index in [-0.39, 0.29) is 17.4 Å². The van der Waals surface area contributed by atoms with Crippen molar-refractivity contribution in [3.8, 4) is 0 Å². The maximum absolute atomic E-state index is 13.8. The van der Waals surface area contributed by atoms with Crippen molar-refractivity contribution in [1.82, 2.24) is 9.47 Å². The fourth-order valence-corrected chi connectivity index (χ4v) is 5.45. The first-order valence-electron chi connectivity index (χ1n) is 12.5. The van der Waals surface area contributed by atoms with E-state index >= 15 is 0 Å². The summed E-state index contributed by atoms with van der Waals surface area (Å²) in [6, 6.07) is 20.1. The fourth-order valence-electron chi connectivity index (χ4n) is 5.23. The first-order valence-corrected chi connectivity index (χ1v) is 12.9. The first-order chi connectivity index (χ1) is 17.7. The van der Waals surface area contributed by atoms with Gasteiger partial charge in [-0.2, -0.15) is 13.2 Å². The van der Waals surface area contributed by atoms with Crippen LogP contribution in [0.1, 0.15) is 53.0 Å². The van der Waals surface area contributed by atoms with Gasteiger partial charge in [-0.3, -0.25) is 4.79 Å². The average Bonchev–Trinajstić information content (AvgIpc) is 3.53. The van der Waals surface area contributed by atoms with E-state index in [0.717, 1.165) is 40.9 Å². The molecule has 0 N–H and O–H groups in total. The number of nitrogens with zero attached hydrogens (tertiary/aromatic N) is 2. The molecule has 1 amide bonds. The number of benzene rings is 3. The zero-order valence-electron chi connectivity index (χ0n) is 20.6. The molecule has 1 aliphatic rings. The zero-order valence-corrected chi connectivity index (χ0v) is 21.3. The summed E-state index contributed by atoms with van der Waals surface area (Å²) in [6.07, 6.45) is -0.599. The maximum atomic E-state index is 13.8. The molecule has 0 saturated carbocycles. The number of para-hydroxylation sites is 1. The largest absolute Gasteiger partial charge is 0.417 e. The van der Waals surface area contributed by atoms with Gasteiger partial charge in [-0.05, 0) is 54.7 Å². The summed E-state index contributed by atoms with van der Waals surface area (Å²) >= 11 is 5.94. The topological polar surface area (TPSA) is 25.2 Å². The van der Waals surface area contributed by atoms with Crippen molar-refractivity contribution in [2.75, 3.05) is 13.1 Å². The van der Waals surface area contributed by atoms with Gasteiger partial charge in [0.15, 0.2) is 0 Å². The van der Waals surface area contributed by atoms with Crippen LogP contribution in [0.25, 0.3) is 10.9 Å².